The van der Waals surface area contributed by atoms with Gasteiger partial charge in [0.2, 0.25) is 11.8 Å². The van der Waals surface area contributed by atoms with Crippen molar-refractivity contribution < 1.29 is 19.7 Å². The number of anilines is 1. The van der Waals surface area contributed by atoms with E-state index < -0.39 is 5.97 Å². The van der Waals surface area contributed by atoms with Crippen LogP contribution in [0, 0.1) is 3.95 Å². The van der Waals surface area contributed by atoms with Gasteiger partial charge >= 0.3 is 5.97 Å². The Hall–Kier alpha value is -2.54. The number of fused-ring (bicyclic) bond motifs is 1. The highest BCUT2D eigenvalue weighted by Crippen LogP contribution is 2.38. The number of hydrogen-bond acceptors (Lipinski definition) is 6. The van der Waals surface area contributed by atoms with Gasteiger partial charge in [-0.2, -0.15) is 0 Å². The molecular formula is C17H16N2O4S2. The minimum atomic E-state index is -0.942. The first-order valence-electron chi connectivity index (χ1n) is 7.66. The van der Waals surface area contributed by atoms with Gasteiger partial charge in [-0.05, 0) is 31.3 Å². The van der Waals surface area contributed by atoms with Gasteiger partial charge in [0.05, 0.1) is 17.0 Å². The lowest BCUT2D eigenvalue weighted by atomic mass is 10.3. The summed E-state index contributed by atoms with van der Waals surface area (Å²) in [6.45, 7) is 2.86. The molecule has 0 amide bonds. The molecule has 0 radical (unpaired) electrons. The summed E-state index contributed by atoms with van der Waals surface area (Å²) in [5.74, 6) is 0.306. The second-order valence-corrected chi connectivity index (χ2v) is 6.93. The van der Waals surface area contributed by atoms with Crippen LogP contribution in [0.5, 0.6) is 11.6 Å². The van der Waals surface area contributed by atoms with Gasteiger partial charge in [-0.1, -0.05) is 17.9 Å². The molecule has 0 aliphatic carbocycles. The van der Waals surface area contributed by atoms with Crippen LogP contribution in [0.2, 0.25) is 0 Å². The number of carboxylic acids is 1. The van der Waals surface area contributed by atoms with E-state index in [2.05, 4.69) is 5.73 Å². The molecule has 1 aromatic carbocycles. The molecule has 1 aromatic heterocycles. The van der Waals surface area contributed by atoms with Crippen molar-refractivity contribution in [1.82, 2.24) is 4.57 Å². The van der Waals surface area contributed by atoms with Crippen molar-refractivity contribution >= 4 is 41.3 Å². The summed E-state index contributed by atoms with van der Waals surface area (Å²) in [5, 5.41) is 19.1. The van der Waals surface area contributed by atoms with E-state index in [1.165, 1.54) is 15.9 Å². The van der Waals surface area contributed by atoms with Crippen LogP contribution in [0.25, 0.3) is 6.08 Å². The van der Waals surface area contributed by atoms with Crippen LogP contribution in [-0.2, 0) is 11.3 Å². The van der Waals surface area contributed by atoms with Gasteiger partial charge in [0.1, 0.15) is 0 Å². The standard InChI is InChI=1S/C17H16N2O4S2/c1-2-18-11-5-3-4-6-12(11)23-14(18)8-7-13-16(22)19(17(24)25-13)10-9-15(20)21/h3-7,22H,2,9-10H2,1H3,(H,20,21). The van der Waals surface area contributed by atoms with Gasteiger partial charge in [-0.25, -0.2) is 0 Å². The topological polar surface area (TPSA) is 74.9 Å². The predicted octanol–water partition coefficient (Wildman–Crippen LogP) is 3.83. The first kappa shape index (κ1) is 17.3. The third-order valence-corrected chi connectivity index (χ3v) is 5.08. The van der Waals surface area contributed by atoms with Gasteiger partial charge in [0, 0.05) is 19.2 Å². The molecule has 130 valence electrons. The minimum absolute atomic E-state index is 0.0529. The van der Waals surface area contributed by atoms with E-state index in [0.29, 0.717) is 21.3 Å². The Bertz CT molecular complexity index is 938. The fourth-order valence-electron chi connectivity index (χ4n) is 2.50. The molecule has 0 bridgehead atoms. The van der Waals surface area contributed by atoms with Crippen molar-refractivity contribution in [1.29, 1.82) is 0 Å². The molecule has 2 N–H and O–H groups in total. The highest BCUT2D eigenvalue weighted by Gasteiger charge is 2.24. The van der Waals surface area contributed by atoms with Crippen LogP contribution < -0.4 is 9.64 Å². The van der Waals surface area contributed by atoms with Crippen LogP contribution in [0.1, 0.15) is 18.2 Å². The van der Waals surface area contributed by atoms with Crippen molar-refractivity contribution in [2.24, 2.45) is 0 Å². The number of para-hydroxylation sites is 2. The molecule has 0 atom stereocenters. The van der Waals surface area contributed by atoms with Crippen molar-refractivity contribution in [3.63, 3.8) is 0 Å². The number of aromatic hydroxyl groups is 1. The molecule has 1 aliphatic rings. The maximum absolute atomic E-state index is 10.7. The van der Waals surface area contributed by atoms with Crippen molar-refractivity contribution in [2.45, 2.75) is 19.9 Å². The Morgan fingerprint density at radius 3 is 2.92 bits per heavy atom. The summed E-state index contributed by atoms with van der Waals surface area (Å²) >= 11 is 6.39. The number of thiazole rings is 1. The summed E-state index contributed by atoms with van der Waals surface area (Å²) in [4.78, 5) is 13.2. The lowest BCUT2D eigenvalue weighted by molar-refractivity contribution is -0.137. The molecule has 8 heteroatoms. The second kappa shape index (κ2) is 7.14. The lowest BCUT2D eigenvalue weighted by Crippen LogP contribution is -2.18. The molecule has 0 unspecified atom stereocenters. The number of carboxylic acid groups (broad SMARTS) is 1. The third-order valence-electron chi connectivity index (χ3n) is 3.69. The fourth-order valence-corrected chi connectivity index (χ4v) is 3.74. The van der Waals surface area contributed by atoms with Crippen LogP contribution in [0.3, 0.4) is 0 Å². The second-order valence-electron chi connectivity index (χ2n) is 5.26. The summed E-state index contributed by atoms with van der Waals surface area (Å²) in [7, 11) is 0. The number of rotatable bonds is 5. The molecule has 3 rings (SSSR count). The highest BCUT2D eigenvalue weighted by molar-refractivity contribution is 7.73. The highest BCUT2D eigenvalue weighted by atomic mass is 32.1. The van der Waals surface area contributed by atoms with Gasteiger partial charge in [-0.15, -0.1) is 11.3 Å². The first-order valence-corrected chi connectivity index (χ1v) is 8.89. The average molecular weight is 376 g/mol. The normalized spacial score (nSPS) is 12.5. The summed E-state index contributed by atoms with van der Waals surface area (Å²) in [6, 6.07) is 7.70. The quantitative estimate of drug-likeness (QED) is 0.610. The summed E-state index contributed by atoms with van der Waals surface area (Å²) in [6.07, 6.45) is 1.50. The monoisotopic (exact) mass is 376 g/mol. The number of benzene rings is 1. The lowest BCUT2D eigenvalue weighted by Gasteiger charge is -2.13. The van der Waals surface area contributed by atoms with E-state index in [1.54, 1.807) is 6.08 Å². The Morgan fingerprint density at radius 1 is 1.44 bits per heavy atom. The van der Waals surface area contributed by atoms with E-state index in [4.69, 9.17) is 22.1 Å². The van der Waals surface area contributed by atoms with Crippen molar-refractivity contribution in [3.05, 3.63) is 44.7 Å². The van der Waals surface area contributed by atoms with Gasteiger partial charge in [-0.3, -0.25) is 9.36 Å². The van der Waals surface area contributed by atoms with Crippen molar-refractivity contribution in [2.75, 3.05) is 11.4 Å². The van der Waals surface area contributed by atoms with Crippen LogP contribution in [-0.4, -0.2) is 27.3 Å². The van der Waals surface area contributed by atoms with Crippen LogP contribution in [0.15, 0.2) is 35.9 Å². The maximum Gasteiger partial charge on any atom is 0.305 e. The molecule has 1 aliphatic heterocycles. The molecule has 2 heterocycles. The SMILES string of the molecule is CCN1C(=C=Cc2sc(=S)n(CCC(=O)O)c2O)Oc2ccccc21. The van der Waals surface area contributed by atoms with Crippen LogP contribution >= 0.6 is 23.6 Å². The maximum atomic E-state index is 10.7. The first-order chi connectivity index (χ1) is 12.0. The van der Waals surface area contributed by atoms with Gasteiger partial charge in [0.15, 0.2) is 9.70 Å². The Labute approximate surface area is 153 Å². The predicted molar refractivity (Wildman–Crippen MR) is 98.6 cm³/mol. The largest absolute Gasteiger partial charge is 0.493 e. The molecule has 25 heavy (non-hydrogen) atoms. The van der Waals surface area contributed by atoms with Gasteiger partial charge in [0.25, 0.3) is 0 Å². The smallest absolute Gasteiger partial charge is 0.305 e. The number of aromatic nitrogens is 1. The molecule has 0 saturated heterocycles. The summed E-state index contributed by atoms with van der Waals surface area (Å²) in [5.41, 5.74) is 4.03. The van der Waals surface area contributed by atoms with E-state index in [9.17, 15) is 9.90 Å². The molecule has 6 nitrogen and oxygen atoms in total. The molecule has 0 fully saturated rings. The van der Waals surface area contributed by atoms with E-state index >= 15 is 0 Å². The van der Waals surface area contributed by atoms with E-state index in [1.807, 2.05) is 36.1 Å². The number of carbonyl (C=O) groups is 1. The Kier molecular flexibility index (Phi) is 4.94. The zero-order valence-electron chi connectivity index (χ0n) is 13.4. The number of nitrogens with zero attached hydrogens (tertiary/aromatic N) is 2. The third kappa shape index (κ3) is 3.46. The number of aliphatic carboxylic acids is 1. The zero-order valence-corrected chi connectivity index (χ0v) is 15.1. The minimum Gasteiger partial charge on any atom is -0.493 e. The van der Waals surface area contributed by atoms with Crippen LogP contribution in [0.4, 0.5) is 5.69 Å². The number of hydrogen-bond donors (Lipinski definition) is 2. The Balaban J connectivity index is 1.92. The zero-order chi connectivity index (χ0) is 18.0. The Morgan fingerprint density at radius 2 is 2.20 bits per heavy atom. The molecule has 0 saturated carbocycles. The fraction of sp³-hybridized carbons (Fsp3) is 0.235. The van der Waals surface area contributed by atoms with E-state index in [-0.39, 0.29) is 18.8 Å². The molecule has 0 spiro atoms. The van der Waals surface area contributed by atoms with Crippen molar-refractivity contribution in [3.8, 4) is 11.6 Å². The van der Waals surface area contributed by atoms with Gasteiger partial charge < -0.3 is 19.8 Å². The average Bonchev–Trinajstić information content (AvgIpc) is 3.07. The molecule has 2 aromatic rings. The molecular weight excluding hydrogens is 360 g/mol. The number of ether oxygens (including phenoxy) is 1. The summed E-state index contributed by atoms with van der Waals surface area (Å²) < 4.78 is 7.63. The van der Waals surface area contributed by atoms with E-state index in [0.717, 1.165) is 11.4 Å².